The molecule has 0 saturated carbocycles. The first-order valence-electron chi connectivity index (χ1n) is 19.5. The molecule has 0 radical (unpaired) electrons. The number of hydrogen-bond donors (Lipinski definition) is 3. The summed E-state index contributed by atoms with van der Waals surface area (Å²) in [5.74, 6) is -3.15. The fraction of sp³-hybridized carbons (Fsp3) is 0.732. The van der Waals surface area contributed by atoms with Crippen LogP contribution in [0.5, 0.6) is 0 Å². The molecule has 3 N–H and O–H groups in total. The lowest BCUT2D eigenvalue weighted by molar-refractivity contribution is -0.890. The number of nitrogens with one attached hydrogen (secondary N) is 2. The number of likely N-dealkylation sites (N-methyl/N-ethyl adjacent to an activating group) is 2. The molecule has 4 amide bonds. The van der Waals surface area contributed by atoms with Crippen LogP contribution < -0.4 is 10.6 Å². The van der Waals surface area contributed by atoms with Crippen molar-refractivity contribution >= 4 is 29.6 Å². The molecule has 1 aromatic rings. The van der Waals surface area contributed by atoms with Gasteiger partial charge < -0.3 is 39.5 Å². The number of ether oxygens (including phenoxy) is 2. The largest absolute Gasteiger partial charge is 0.480 e. The summed E-state index contributed by atoms with van der Waals surface area (Å²) < 4.78 is 12.3. The molecule has 1 aromatic carbocycles. The van der Waals surface area contributed by atoms with E-state index < -0.39 is 54.2 Å². The molecule has 0 spiro atoms. The number of methoxy groups -OCH3 is 2. The standard InChI is InChI=1S/C41H69N5O8/c1-14-27(6)35(44(8)40(50)34(25(2)3)43-39(49)36(26(4)5)46(9,10)11)32(53-12)24-33(47)45-22-18-21-31(45)37(54-13)28(7)38(48)42-30(41(51)52)23-29-19-16-15-17-20-29/h15-17,19-20,25-28,30-32,34-37H,14,18,21-24H2,1-13H3,(H2-,42,43,48,49,51,52)/p+1/t27?,28-,30?,31+,32?,34+,35+,36+,37-/m1/s1. The Bertz CT molecular complexity index is 1380. The van der Waals surface area contributed by atoms with Gasteiger partial charge in [0.1, 0.15) is 12.1 Å². The molecular weight excluding hydrogens is 690 g/mol. The second-order valence-corrected chi connectivity index (χ2v) is 16.7. The number of quaternary nitrogens is 1. The van der Waals surface area contributed by atoms with Crippen molar-refractivity contribution in [3.63, 3.8) is 0 Å². The highest BCUT2D eigenvalue weighted by molar-refractivity contribution is 5.90. The van der Waals surface area contributed by atoms with Crippen molar-refractivity contribution < 1.29 is 43.0 Å². The van der Waals surface area contributed by atoms with Crippen LogP contribution in [0.3, 0.4) is 0 Å². The molecule has 0 aliphatic carbocycles. The molecule has 306 valence electrons. The van der Waals surface area contributed by atoms with Crippen LogP contribution in [0.1, 0.15) is 79.7 Å². The molecule has 2 rings (SSSR count). The number of carboxylic acid groups (broad SMARTS) is 1. The number of nitrogens with zero attached hydrogens (tertiary/aromatic N) is 3. The van der Waals surface area contributed by atoms with Gasteiger partial charge >= 0.3 is 5.97 Å². The van der Waals surface area contributed by atoms with E-state index in [2.05, 4.69) is 10.6 Å². The van der Waals surface area contributed by atoms with Gasteiger partial charge in [0.15, 0.2) is 6.04 Å². The quantitative estimate of drug-likeness (QED) is 0.161. The SMILES string of the molecule is CCC(C)[C@@H](C(CC(=O)N1CCC[C@H]1[C@H](OC)[C@@H](C)C(=O)NC(Cc1ccccc1)C(=O)O)OC)N(C)C(=O)[C@@H](NC(=O)[C@H](C(C)C)[N+](C)(C)C)C(C)C. The fourth-order valence-corrected chi connectivity index (χ4v) is 8.18. The average Bonchev–Trinajstić information content (AvgIpc) is 3.58. The van der Waals surface area contributed by atoms with Gasteiger partial charge in [-0.1, -0.05) is 85.2 Å². The first kappa shape index (κ1) is 46.6. The third-order valence-electron chi connectivity index (χ3n) is 11.1. The number of likely N-dealkylation sites (tertiary alicyclic amines) is 1. The Labute approximate surface area is 324 Å². The summed E-state index contributed by atoms with van der Waals surface area (Å²) >= 11 is 0. The van der Waals surface area contributed by atoms with Crippen molar-refractivity contribution in [3.8, 4) is 0 Å². The van der Waals surface area contributed by atoms with Gasteiger partial charge in [0.2, 0.25) is 17.7 Å². The number of rotatable bonds is 21. The summed E-state index contributed by atoms with van der Waals surface area (Å²) in [6.07, 6.45) is 0.822. The fourth-order valence-electron chi connectivity index (χ4n) is 8.18. The molecular formula is C41H70N5O8+. The van der Waals surface area contributed by atoms with Gasteiger partial charge in [-0.2, -0.15) is 0 Å². The second-order valence-electron chi connectivity index (χ2n) is 16.7. The van der Waals surface area contributed by atoms with Crippen molar-refractivity contribution in [1.82, 2.24) is 20.4 Å². The maximum absolute atomic E-state index is 14.3. The van der Waals surface area contributed by atoms with Gasteiger partial charge in [-0.3, -0.25) is 19.2 Å². The Morgan fingerprint density at radius 2 is 1.54 bits per heavy atom. The molecule has 1 fully saturated rings. The van der Waals surface area contributed by atoms with Crippen LogP contribution in [0.2, 0.25) is 0 Å². The van der Waals surface area contributed by atoms with Crippen LogP contribution in [0, 0.1) is 23.7 Å². The number of amides is 4. The number of carbonyl (C=O) groups is 5. The minimum atomic E-state index is -1.14. The van der Waals surface area contributed by atoms with Crippen LogP contribution in [0.4, 0.5) is 0 Å². The maximum Gasteiger partial charge on any atom is 0.326 e. The van der Waals surface area contributed by atoms with Crippen LogP contribution in [0.15, 0.2) is 30.3 Å². The topological polar surface area (TPSA) is 155 Å². The monoisotopic (exact) mass is 761 g/mol. The van der Waals surface area contributed by atoms with Crippen molar-refractivity contribution in [2.45, 2.75) is 123 Å². The number of benzene rings is 1. The zero-order chi connectivity index (χ0) is 41.1. The molecule has 1 aliphatic heterocycles. The lowest BCUT2D eigenvalue weighted by atomic mass is 9.89. The molecule has 3 unspecified atom stereocenters. The average molecular weight is 761 g/mol. The summed E-state index contributed by atoms with van der Waals surface area (Å²) in [6, 6.07) is 5.95. The maximum atomic E-state index is 14.3. The van der Waals surface area contributed by atoms with E-state index in [1.165, 1.54) is 7.11 Å². The Hall–Kier alpha value is -3.55. The van der Waals surface area contributed by atoms with Gasteiger partial charge in [0, 0.05) is 40.2 Å². The first-order chi connectivity index (χ1) is 25.2. The van der Waals surface area contributed by atoms with Crippen LogP contribution in [-0.4, -0.2) is 140 Å². The highest BCUT2D eigenvalue weighted by atomic mass is 16.5. The van der Waals surface area contributed by atoms with Crippen LogP contribution in [0.25, 0.3) is 0 Å². The van der Waals surface area contributed by atoms with Crippen molar-refractivity contribution in [3.05, 3.63) is 35.9 Å². The Morgan fingerprint density at radius 3 is 2.02 bits per heavy atom. The molecule has 54 heavy (non-hydrogen) atoms. The van der Waals surface area contributed by atoms with E-state index in [9.17, 15) is 29.1 Å². The molecule has 9 atom stereocenters. The van der Waals surface area contributed by atoms with E-state index in [0.717, 1.165) is 12.0 Å². The van der Waals surface area contributed by atoms with Crippen LogP contribution >= 0.6 is 0 Å². The van der Waals surface area contributed by atoms with E-state index in [1.54, 1.807) is 30.9 Å². The van der Waals surface area contributed by atoms with E-state index >= 15 is 0 Å². The number of aliphatic carboxylic acids is 1. The van der Waals surface area contributed by atoms with Gasteiger partial charge in [0.25, 0.3) is 5.91 Å². The molecule has 1 aliphatic rings. The van der Waals surface area contributed by atoms with Gasteiger partial charge in [-0.15, -0.1) is 0 Å². The normalized spacial score (nSPS) is 19.3. The van der Waals surface area contributed by atoms with Gasteiger partial charge in [-0.25, -0.2) is 4.79 Å². The predicted molar refractivity (Wildman–Crippen MR) is 209 cm³/mol. The molecule has 1 heterocycles. The Kier molecular flexibility index (Phi) is 18.1. The second kappa shape index (κ2) is 20.9. The van der Waals surface area contributed by atoms with Crippen molar-refractivity contribution in [2.24, 2.45) is 23.7 Å². The minimum absolute atomic E-state index is 0.00949. The number of carboxylic acids is 1. The van der Waals surface area contributed by atoms with Crippen molar-refractivity contribution in [2.75, 3.05) is 49.0 Å². The summed E-state index contributed by atoms with van der Waals surface area (Å²) in [6.45, 7) is 14.0. The minimum Gasteiger partial charge on any atom is -0.480 e. The van der Waals surface area contributed by atoms with E-state index in [1.807, 2.05) is 93.0 Å². The molecule has 13 nitrogen and oxygen atoms in total. The lowest BCUT2D eigenvalue weighted by Gasteiger charge is -2.41. The zero-order valence-electron chi connectivity index (χ0n) is 35.1. The zero-order valence-corrected chi connectivity index (χ0v) is 35.1. The summed E-state index contributed by atoms with van der Waals surface area (Å²) in [7, 11) is 10.7. The van der Waals surface area contributed by atoms with E-state index in [-0.39, 0.29) is 54.4 Å². The molecule has 0 aromatic heterocycles. The summed E-state index contributed by atoms with van der Waals surface area (Å²) in [5.41, 5.74) is 0.786. The third-order valence-corrected chi connectivity index (χ3v) is 11.1. The molecule has 0 bridgehead atoms. The smallest absolute Gasteiger partial charge is 0.326 e. The summed E-state index contributed by atoms with van der Waals surface area (Å²) in [4.78, 5) is 71.1. The highest BCUT2D eigenvalue weighted by Crippen LogP contribution is 2.30. The molecule has 13 heteroatoms. The van der Waals surface area contributed by atoms with Gasteiger partial charge in [0.05, 0.1) is 57.8 Å². The number of carbonyl (C=O) groups excluding carboxylic acids is 4. The van der Waals surface area contributed by atoms with Crippen molar-refractivity contribution in [1.29, 1.82) is 0 Å². The Morgan fingerprint density at radius 1 is 0.926 bits per heavy atom. The number of hydrogen-bond acceptors (Lipinski definition) is 7. The van der Waals surface area contributed by atoms with Crippen LogP contribution in [-0.2, 0) is 39.9 Å². The first-order valence-corrected chi connectivity index (χ1v) is 19.5. The molecule has 1 saturated heterocycles. The predicted octanol–water partition coefficient (Wildman–Crippen LogP) is 3.59. The van der Waals surface area contributed by atoms with E-state index in [0.29, 0.717) is 23.9 Å². The summed E-state index contributed by atoms with van der Waals surface area (Å²) in [5, 5.41) is 15.6. The third kappa shape index (κ3) is 12.2. The highest BCUT2D eigenvalue weighted by Gasteiger charge is 2.44. The lowest BCUT2D eigenvalue weighted by Crippen LogP contribution is -2.62. The Balaban J connectivity index is 2.29. The van der Waals surface area contributed by atoms with E-state index in [4.69, 9.17) is 9.47 Å². The van der Waals surface area contributed by atoms with Gasteiger partial charge in [-0.05, 0) is 30.2 Å².